The Morgan fingerprint density at radius 1 is 1.33 bits per heavy atom. The second kappa shape index (κ2) is 6.51. The average Bonchev–Trinajstić information content (AvgIpc) is 2.49. The predicted molar refractivity (Wildman–Crippen MR) is 84.9 cm³/mol. The fourth-order valence-corrected chi connectivity index (χ4v) is 2.41. The SMILES string of the molecule is N#Cc1cc(I)c(Oc2ccc(CN)cc2)c([N+](=O)[O-])c1. The van der Waals surface area contributed by atoms with Crippen molar-refractivity contribution < 1.29 is 9.66 Å². The van der Waals surface area contributed by atoms with E-state index in [4.69, 9.17) is 15.7 Å². The standard InChI is InChI=1S/C14H10IN3O3/c15-12-5-10(8-17)6-13(18(19)20)14(12)21-11-3-1-9(7-16)2-4-11/h1-6H,7,16H2. The highest BCUT2D eigenvalue weighted by Crippen LogP contribution is 2.36. The molecule has 0 aliphatic rings. The lowest BCUT2D eigenvalue weighted by molar-refractivity contribution is -0.385. The van der Waals surface area contributed by atoms with Crippen molar-refractivity contribution in [3.8, 4) is 17.6 Å². The zero-order chi connectivity index (χ0) is 15.4. The van der Waals surface area contributed by atoms with Crippen molar-refractivity contribution in [3.63, 3.8) is 0 Å². The number of hydrogen-bond acceptors (Lipinski definition) is 5. The molecule has 21 heavy (non-hydrogen) atoms. The molecular weight excluding hydrogens is 385 g/mol. The van der Waals surface area contributed by atoms with Crippen LogP contribution in [0, 0.1) is 25.0 Å². The summed E-state index contributed by atoms with van der Waals surface area (Å²) in [7, 11) is 0. The van der Waals surface area contributed by atoms with Crippen LogP contribution in [0.3, 0.4) is 0 Å². The second-order valence-corrected chi connectivity index (χ2v) is 5.29. The molecule has 0 unspecified atom stereocenters. The van der Waals surface area contributed by atoms with Gasteiger partial charge in [0.15, 0.2) is 0 Å². The summed E-state index contributed by atoms with van der Waals surface area (Å²) in [5.74, 6) is 0.595. The molecule has 0 bridgehead atoms. The number of nitriles is 1. The molecule has 106 valence electrons. The Balaban J connectivity index is 2.43. The molecule has 0 aliphatic heterocycles. The Bertz CT molecular complexity index is 723. The highest BCUT2D eigenvalue weighted by atomic mass is 127. The van der Waals surface area contributed by atoms with Gasteiger partial charge in [-0.05, 0) is 46.4 Å². The summed E-state index contributed by atoms with van der Waals surface area (Å²) in [5.41, 5.74) is 6.43. The number of nitrogens with zero attached hydrogens (tertiary/aromatic N) is 2. The van der Waals surface area contributed by atoms with Crippen molar-refractivity contribution >= 4 is 28.3 Å². The molecule has 0 aliphatic carbocycles. The summed E-state index contributed by atoms with van der Waals surface area (Å²) in [6.45, 7) is 0.412. The van der Waals surface area contributed by atoms with Crippen LogP contribution in [0.2, 0.25) is 0 Å². The number of nitrogens with two attached hydrogens (primary N) is 1. The summed E-state index contributed by atoms with van der Waals surface area (Å²) in [6.07, 6.45) is 0. The van der Waals surface area contributed by atoms with Gasteiger partial charge in [0.2, 0.25) is 5.75 Å². The third kappa shape index (κ3) is 3.48. The molecule has 2 aromatic carbocycles. The largest absolute Gasteiger partial charge is 0.449 e. The number of halogens is 1. The van der Waals surface area contributed by atoms with Crippen LogP contribution in [0.25, 0.3) is 0 Å². The number of ether oxygens (including phenoxy) is 1. The van der Waals surface area contributed by atoms with Gasteiger partial charge in [0.05, 0.1) is 20.1 Å². The second-order valence-electron chi connectivity index (χ2n) is 4.13. The fourth-order valence-electron chi connectivity index (χ4n) is 1.69. The van der Waals surface area contributed by atoms with Gasteiger partial charge in [0, 0.05) is 12.6 Å². The predicted octanol–water partition coefficient (Wildman–Crippen LogP) is 3.32. The lowest BCUT2D eigenvalue weighted by atomic mass is 10.2. The van der Waals surface area contributed by atoms with Crippen LogP contribution in [0.4, 0.5) is 5.69 Å². The van der Waals surface area contributed by atoms with Crippen molar-refractivity contribution in [2.75, 3.05) is 0 Å². The zero-order valence-electron chi connectivity index (χ0n) is 10.7. The van der Waals surface area contributed by atoms with E-state index < -0.39 is 4.92 Å². The van der Waals surface area contributed by atoms with Gasteiger partial charge in [-0.2, -0.15) is 5.26 Å². The van der Waals surface area contributed by atoms with Gasteiger partial charge in [0.1, 0.15) is 5.75 Å². The van der Waals surface area contributed by atoms with Gasteiger partial charge < -0.3 is 10.5 Å². The lowest BCUT2D eigenvalue weighted by Crippen LogP contribution is -1.98. The van der Waals surface area contributed by atoms with Crippen molar-refractivity contribution in [2.45, 2.75) is 6.54 Å². The van der Waals surface area contributed by atoms with Gasteiger partial charge >= 0.3 is 5.69 Å². The smallest absolute Gasteiger partial charge is 0.314 e. The van der Waals surface area contributed by atoms with Gasteiger partial charge in [-0.3, -0.25) is 10.1 Å². The molecule has 6 nitrogen and oxygen atoms in total. The molecule has 0 aromatic heterocycles. The van der Waals surface area contributed by atoms with Gasteiger partial charge in [0.25, 0.3) is 0 Å². The first-order valence-corrected chi connectivity index (χ1v) is 6.98. The summed E-state index contributed by atoms with van der Waals surface area (Å²) >= 11 is 1.91. The normalized spacial score (nSPS) is 9.95. The number of nitro groups is 1. The fraction of sp³-hybridized carbons (Fsp3) is 0.0714. The quantitative estimate of drug-likeness (QED) is 0.486. The van der Waals surface area contributed by atoms with E-state index in [1.807, 2.05) is 28.7 Å². The van der Waals surface area contributed by atoms with Crippen molar-refractivity contribution in [1.82, 2.24) is 0 Å². The van der Waals surface area contributed by atoms with Crippen LogP contribution < -0.4 is 10.5 Å². The van der Waals surface area contributed by atoms with E-state index in [-0.39, 0.29) is 17.0 Å². The minimum atomic E-state index is -0.563. The molecule has 2 aromatic rings. The first-order chi connectivity index (χ1) is 10.0. The number of nitro benzene ring substituents is 1. The maximum Gasteiger partial charge on any atom is 0.314 e. The molecule has 0 radical (unpaired) electrons. The van der Waals surface area contributed by atoms with E-state index >= 15 is 0 Å². The lowest BCUT2D eigenvalue weighted by Gasteiger charge is -2.09. The molecule has 0 spiro atoms. The van der Waals surface area contributed by atoms with Crippen LogP contribution in [0.1, 0.15) is 11.1 Å². The van der Waals surface area contributed by atoms with Gasteiger partial charge in [-0.1, -0.05) is 12.1 Å². The van der Waals surface area contributed by atoms with Crippen LogP contribution in [-0.4, -0.2) is 4.92 Å². The van der Waals surface area contributed by atoms with Crippen LogP contribution in [0.15, 0.2) is 36.4 Å². The van der Waals surface area contributed by atoms with E-state index in [1.165, 1.54) is 12.1 Å². The molecule has 0 fully saturated rings. The monoisotopic (exact) mass is 395 g/mol. The Labute approximate surface area is 134 Å². The summed E-state index contributed by atoms with van der Waals surface area (Å²) in [4.78, 5) is 10.6. The molecule has 0 heterocycles. The van der Waals surface area contributed by atoms with E-state index in [0.717, 1.165) is 5.56 Å². The molecule has 0 amide bonds. The average molecular weight is 395 g/mol. The highest BCUT2D eigenvalue weighted by Gasteiger charge is 2.21. The Kier molecular flexibility index (Phi) is 4.72. The minimum Gasteiger partial charge on any atom is -0.449 e. The summed E-state index contributed by atoms with van der Waals surface area (Å²) in [5, 5.41) is 20.0. The maximum atomic E-state index is 11.1. The topological polar surface area (TPSA) is 102 Å². The van der Waals surface area contributed by atoms with Crippen molar-refractivity contribution in [3.05, 3.63) is 61.2 Å². The Morgan fingerprint density at radius 3 is 2.52 bits per heavy atom. The molecule has 2 N–H and O–H groups in total. The number of hydrogen-bond donors (Lipinski definition) is 1. The summed E-state index contributed by atoms with van der Waals surface area (Å²) in [6, 6.07) is 11.6. The maximum absolute atomic E-state index is 11.1. The third-order valence-electron chi connectivity index (χ3n) is 2.73. The Hall–Kier alpha value is -2.18. The van der Waals surface area contributed by atoms with E-state index in [9.17, 15) is 10.1 Å². The van der Waals surface area contributed by atoms with Crippen molar-refractivity contribution in [1.29, 1.82) is 5.26 Å². The van der Waals surface area contributed by atoms with Crippen LogP contribution in [0.5, 0.6) is 11.5 Å². The third-order valence-corrected chi connectivity index (χ3v) is 3.53. The van der Waals surface area contributed by atoms with E-state index in [0.29, 0.717) is 15.9 Å². The molecule has 7 heteroatoms. The van der Waals surface area contributed by atoms with Crippen LogP contribution >= 0.6 is 22.6 Å². The van der Waals surface area contributed by atoms with E-state index in [1.54, 1.807) is 24.3 Å². The first-order valence-electron chi connectivity index (χ1n) is 5.90. The molecule has 2 rings (SSSR count). The van der Waals surface area contributed by atoms with Crippen LogP contribution in [-0.2, 0) is 6.54 Å². The molecular formula is C14H10IN3O3. The summed E-state index contributed by atoms with van der Waals surface area (Å²) < 4.78 is 6.10. The minimum absolute atomic E-state index is 0.125. The molecule has 0 atom stereocenters. The van der Waals surface area contributed by atoms with Gasteiger partial charge in [-0.25, -0.2) is 0 Å². The zero-order valence-corrected chi connectivity index (χ0v) is 12.9. The number of benzene rings is 2. The molecule has 0 saturated heterocycles. The highest BCUT2D eigenvalue weighted by molar-refractivity contribution is 14.1. The van der Waals surface area contributed by atoms with Crippen molar-refractivity contribution in [2.24, 2.45) is 5.73 Å². The first kappa shape index (κ1) is 15.2. The van der Waals surface area contributed by atoms with E-state index in [2.05, 4.69) is 0 Å². The van der Waals surface area contributed by atoms with Gasteiger partial charge in [-0.15, -0.1) is 0 Å². The Morgan fingerprint density at radius 2 is 2.00 bits per heavy atom. The number of rotatable bonds is 4. The molecule has 0 saturated carbocycles.